The molecule has 1 N–H and O–H groups in total. The van der Waals surface area contributed by atoms with Crippen LogP contribution in [0, 0.1) is 18.3 Å². The summed E-state index contributed by atoms with van der Waals surface area (Å²) in [6.45, 7) is 9.31. The molecule has 1 heteroatoms. The summed E-state index contributed by atoms with van der Waals surface area (Å²) in [5, 5.41) is 3.70. The van der Waals surface area contributed by atoms with Crippen molar-refractivity contribution in [3.63, 3.8) is 0 Å². The summed E-state index contributed by atoms with van der Waals surface area (Å²) in [5.74, 6) is 0.764. The lowest BCUT2D eigenvalue weighted by molar-refractivity contribution is 0.177. The van der Waals surface area contributed by atoms with E-state index in [1.165, 1.54) is 30.5 Å². The minimum atomic E-state index is 0.533. The first-order valence-electron chi connectivity index (χ1n) is 6.79. The molecule has 2 rings (SSSR count). The van der Waals surface area contributed by atoms with Gasteiger partial charge in [0.1, 0.15) is 0 Å². The molecule has 0 amide bonds. The van der Waals surface area contributed by atoms with Crippen LogP contribution in [-0.2, 0) is 0 Å². The van der Waals surface area contributed by atoms with Gasteiger partial charge in [0, 0.05) is 11.7 Å². The van der Waals surface area contributed by atoms with Gasteiger partial charge in [0.15, 0.2) is 0 Å². The molecule has 2 atom stereocenters. The first kappa shape index (κ1) is 12.5. The lowest BCUT2D eigenvalue weighted by Crippen LogP contribution is -2.36. The third kappa shape index (κ3) is 3.24. The highest BCUT2D eigenvalue weighted by molar-refractivity contribution is 5.45. The van der Waals surface area contributed by atoms with Crippen LogP contribution < -0.4 is 5.32 Å². The van der Waals surface area contributed by atoms with Crippen molar-refractivity contribution in [2.45, 2.75) is 53.0 Å². The average molecular weight is 231 g/mol. The molecular weight excluding hydrogens is 206 g/mol. The Morgan fingerprint density at radius 2 is 1.82 bits per heavy atom. The first-order chi connectivity index (χ1) is 7.96. The number of hydrogen-bond donors (Lipinski definition) is 1. The highest BCUT2D eigenvalue weighted by Gasteiger charge is 2.32. The van der Waals surface area contributed by atoms with Crippen LogP contribution in [0.3, 0.4) is 0 Å². The van der Waals surface area contributed by atoms with Gasteiger partial charge in [-0.05, 0) is 49.7 Å². The smallest absolute Gasteiger partial charge is 0.0342 e. The molecule has 0 aromatic heterocycles. The van der Waals surface area contributed by atoms with E-state index in [-0.39, 0.29) is 0 Å². The number of aryl methyl sites for hydroxylation is 1. The molecule has 0 bridgehead atoms. The number of nitrogens with one attached hydrogen (secondary N) is 1. The maximum Gasteiger partial charge on any atom is 0.0342 e. The van der Waals surface area contributed by atoms with Crippen molar-refractivity contribution in [2.24, 2.45) is 11.3 Å². The Kier molecular flexibility index (Phi) is 3.46. The molecule has 1 aliphatic carbocycles. The Balaban J connectivity index is 1.98. The Hall–Kier alpha value is -0.980. The van der Waals surface area contributed by atoms with Crippen LogP contribution in [0.15, 0.2) is 24.3 Å². The zero-order valence-corrected chi connectivity index (χ0v) is 11.6. The zero-order valence-electron chi connectivity index (χ0n) is 11.6. The fourth-order valence-electron chi connectivity index (χ4n) is 3.02. The van der Waals surface area contributed by atoms with E-state index < -0.39 is 0 Å². The van der Waals surface area contributed by atoms with Gasteiger partial charge in [0.2, 0.25) is 0 Å². The Bertz CT molecular complexity index is 364. The summed E-state index contributed by atoms with van der Waals surface area (Å²) < 4.78 is 0. The fraction of sp³-hybridized carbons (Fsp3) is 0.625. The van der Waals surface area contributed by atoms with Crippen LogP contribution in [0.1, 0.15) is 45.6 Å². The summed E-state index contributed by atoms with van der Waals surface area (Å²) in [5.41, 5.74) is 3.13. The monoisotopic (exact) mass is 231 g/mol. The molecule has 2 unspecified atom stereocenters. The minimum absolute atomic E-state index is 0.533. The van der Waals surface area contributed by atoms with Gasteiger partial charge in [-0.15, -0.1) is 0 Å². The molecular formula is C16H25N. The molecule has 1 nitrogen and oxygen atoms in total. The Morgan fingerprint density at radius 3 is 2.41 bits per heavy atom. The van der Waals surface area contributed by atoms with Gasteiger partial charge in [-0.25, -0.2) is 0 Å². The molecule has 1 aromatic rings. The molecule has 0 spiro atoms. The topological polar surface area (TPSA) is 12.0 Å². The van der Waals surface area contributed by atoms with Crippen LogP contribution in [0.5, 0.6) is 0 Å². The summed E-state index contributed by atoms with van der Waals surface area (Å²) >= 11 is 0. The van der Waals surface area contributed by atoms with Crippen LogP contribution >= 0.6 is 0 Å². The Morgan fingerprint density at radius 1 is 1.18 bits per heavy atom. The van der Waals surface area contributed by atoms with Crippen molar-refractivity contribution in [2.75, 3.05) is 5.32 Å². The number of hydrogen-bond acceptors (Lipinski definition) is 1. The Labute approximate surface area is 106 Å². The predicted molar refractivity (Wildman–Crippen MR) is 75.4 cm³/mol. The molecule has 0 radical (unpaired) electrons. The normalized spacial score (nSPS) is 27.8. The summed E-state index contributed by atoms with van der Waals surface area (Å²) in [6, 6.07) is 9.40. The van der Waals surface area contributed by atoms with Crippen molar-refractivity contribution < 1.29 is 0 Å². The lowest BCUT2D eigenvalue weighted by atomic mass is 9.70. The van der Waals surface area contributed by atoms with Crippen molar-refractivity contribution in [1.82, 2.24) is 0 Å². The van der Waals surface area contributed by atoms with E-state index in [1.54, 1.807) is 0 Å². The standard InChI is InChI=1S/C16H25N/c1-12-5-7-14(8-6-12)17-15-9-10-16(3,4)11-13(15)2/h5-8,13,15,17H,9-11H2,1-4H3. The van der Waals surface area contributed by atoms with Gasteiger partial charge in [0.25, 0.3) is 0 Å². The maximum absolute atomic E-state index is 3.70. The van der Waals surface area contributed by atoms with Gasteiger partial charge in [-0.2, -0.15) is 0 Å². The zero-order chi connectivity index (χ0) is 12.5. The number of benzene rings is 1. The van der Waals surface area contributed by atoms with E-state index in [4.69, 9.17) is 0 Å². The molecule has 1 aromatic carbocycles. The fourth-order valence-corrected chi connectivity index (χ4v) is 3.02. The largest absolute Gasteiger partial charge is 0.382 e. The average Bonchev–Trinajstić information content (AvgIpc) is 2.24. The molecule has 1 saturated carbocycles. The van der Waals surface area contributed by atoms with E-state index in [0.29, 0.717) is 11.5 Å². The van der Waals surface area contributed by atoms with E-state index in [2.05, 4.69) is 57.3 Å². The van der Waals surface area contributed by atoms with E-state index in [1.807, 2.05) is 0 Å². The molecule has 17 heavy (non-hydrogen) atoms. The molecule has 0 heterocycles. The quantitative estimate of drug-likeness (QED) is 0.783. The summed E-state index contributed by atoms with van der Waals surface area (Å²) in [4.78, 5) is 0. The SMILES string of the molecule is Cc1ccc(NC2CCC(C)(C)CC2C)cc1. The van der Waals surface area contributed by atoms with E-state index >= 15 is 0 Å². The van der Waals surface area contributed by atoms with Crippen molar-refractivity contribution in [1.29, 1.82) is 0 Å². The molecule has 94 valence electrons. The van der Waals surface area contributed by atoms with E-state index in [9.17, 15) is 0 Å². The van der Waals surface area contributed by atoms with Crippen LogP contribution in [0.25, 0.3) is 0 Å². The second-order valence-corrected chi connectivity index (χ2v) is 6.50. The van der Waals surface area contributed by atoms with Gasteiger partial charge in [0.05, 0.1) is 0 Å². The number of rotatable bonds is 2. The third-order valence-corrected chi connectivity index (χ3v) is 4.10. The molecule has 1 fully saturated rings. The number of anilines is 1. The van der Waals surface area contributed by atoms with Crippen LogP contribution in [-0.4, -0.2) is 6.04 Å². The van der Waals surface area contributed by atoms with E-state index in [0.717, 1.165) is 5.92 Å². The second kappa shape index (κ2) is 4.72. The third-order valence-electron chi connectivity index (χ3n) is 4.10. The van der Waals surface area contributed by atoms with Gasteiger partial charge in [-0.3, -0.25) is 0 Å². The minimum Gasteiger partial charge on any atom is -0.382 e. The van der Waals surface area contributed by atoms with Crippen LogP contribution in [0.4, 0.5) is 5.69 Å². The van der Waals surface area contributed by atoms with Crippen molar-refractivity contribution in [3.8, 4) is 0 Å². The van der Waals surface area contributed by atoms with Gasteiger partial charge in [-0.1, -0.05) is 38.5 Å². The highest BCUT2D eigenvalue weighted by atomic mass is 14.9. The van der Waals surface area contributed by atoms with Gasteiger partial charge < -0.3 is 5.32 Å². The van der Waals surface area contributed by atoms with Crippen molar-refractivity contribution in [3.05, 3.63) is 29.8 Å². The molecule has 0 aliphatic heterocycles. The summed E-state index contributed by atoms with van der Waals surface area (Å²) in [6.07, 6.45) is 3.96. The molecule has 0 saturated heterocycles. The lowest BCUT2D eigenvalue weighted by Gasteiger charge is -2.40. The molecule has 1 aliphatic rings. The second-order valence-electron chi connectivity index (χ2n) is 6.50. The first-order valence-corrected chi connectivity index (χ1v) is 6.79. The van der Waals surface area contributed by atoms with Gasteiger partial charge >= 0.3 is 0 Å². The van der Waals surface area contributed by atoms with Crippen LogP contribution in [0.2, 0.25) is 0 Å². The van der Waals surface area contributed by atoms with Crippen molar-refractivity contribution >= 4 is 5.69 Å². The highest BCUT2D eigenvalue weighted by Crippen LogP contribution is 2.39. The maximum atomic E-state index is 3.70. The summed E-state index contributed by atoms with van der Waals surface area (Å²) in [7, 11) is 0. The predicted octanol–water partition coefficient (Wildman–Crippen LogP) is 4.62.